The molecule has 2 N–H and O–H groups in total. The Morgan fingerprint density at radius 3 is 2.50 bits per heavy atom. The number of hydrazone groups is 1. The largest absolute Gasteiger partial charge is 0.478 e. The fraction of sp³-hybridized carbons (Fsp3) is 0.0833. The molecule has 0 bridgehead atoms. The molecule has 8 heteroatoms. The van der Waals surface area contributed by atoms with Gasteiger partial charge in [0.25, 0.3) is 5.91 Å². The summed E-state index contributed by atoms with van der Waals surface area (Å²) in [6.07, 6.45) is 1.55. The zero-order chi connectivity index (χ0) is 23.0. The fourth-order valence-corrected chi connectivity index (χ4v) is 3.36. The van der Waals surface area contributed by atoms with Gasteiger partial charge in [0, 0.05) is 5.56 Å². The van der Waals surface area contributed by atoms with Crippen LogP contribution in [0.25, 0.3) is 17.4 Å². The van der Waals surface area contributed by atoms with Crippen molar-refractivity contribution in [1.82, 2.24) is 0 Å². The molecule has 0 radical (unpaired) electrons. The molecule has 1 aromatic heterocycles. The van der Waals surface area contributed by atoms with Gasteiger partial charge in [-0.05, 0) is 61.9 Å². The zero-order valence-corrected chi connectivity index (χ0v) is 17.2. The van der Waals surface area contributed by atoms with Crippen molar-refractivity contribution in [2.75, 3.05) is 5.01 Å². The SMILES string of the molecule is CC1=NN(c2cccc(C(=O)O)c2)C(=O)/C1=C/c1ccc(-c2ccc(C)c(C(=O)O)c2)o1. The molecule has 1 aliphatic heterocycles. The second-order valence-electron chi connectivity index (χ2n) is 7.25. The third-order valence-electron chi connectivity index (χ3n) is 5.07. The number of hydrogen-bond acceptors (Lipinski definition) is 5. The van der Waals surface area contributed by atoms with Crippen molar-refractivity contribution >= 4 is 35.3 Å². The van der Waals surface area contributed by atoms with E-state index in [1.165, 1.54) is 18.2 Å². The number of amides is 1. The van der Waals surface area contributed by atoms with E-state index in [-0.39, 0.29) is 11.1 Å². The van der Waals surface area contributed by atoms with E-state index >= 15 is 0 Å². The molecule has 2 aromatic carbocycles. The Kier molecular flexibility index (Phi) is 5.19. The number of carboxylic acids is 2. The molecule has 2 heterocycles. The van der Waals surface area contributed by atoms with Gasteiger partial charge >= 0.3 is 11.9 Å². The minimum Gasteiger partial charge on any atom is -0.478 e. The smallest absolute Gasteiger partial charge is 0.335 e. The minimum absolute atomic E-state index is 0.0510. The van der Waals surface area contributed by atoms with Gasteiger partial charge in [0.15, 0.2) is 0 Å². The van der Waals surface area contributed by atoms with Crippen LogP contribution in [0.3, 0.4) is 0 Å². The second kappa shape index (κ2) is 7.99. The maximum atomic E-state index is 12.9. The van der Waals surface area contributed by atoms with Crippen LogP contribution in [0.4, 0.5) is 5.69 Å². The minimum atomic E-state index is -1.10. The summed E-state index contributed by atoms with van der Waals surface area (Å²) in [7, 11) is 0. The number of furan rings is 1. The molecule has 32 heavy (non-hydrogen) atoms. The highest BCUT2D eigenvalue weighted by Gasteiger charge is 2.29. The summed E-state index contributed by atoms with van der Waals surface area (Å²) in [5, 5.41) is 23.9. The van der Waals surface area contributed by atoms with E-state index < -0.39 is 17.8 Å². The highest BCUT2D eigenvalue weighted by molar-refractivity contribution is 6.32. The maximum absolute atomic E-state index is 12.9. The molecule has 0 fully saturated rings. The van der Waals surface area contributed by atoms with Gasteiger partial charge in [-0.25, -0.2) is 9.59 Å². The van der Waals surface area contributed by atoms with Crippen LogP contribution in [0, 0.1) is 6.92 Å². The number of carbonyl (C=O) groups excluding carboxylic acids is 1. The van der Waals surface area contributed by atoms with E-state index in [1.807, 2.05) is 0 Å². The molecule has 0 spiro atoms. The molecule has 0 atom stereocenters. The van der Waals surface area contributed by atoms with Crippen LogP contribution < -0.4 is 5.01 Å². The lowest BCUT2D eigenvalue weighted by Crippen LogP contribution is -2.21. The van der Waals surface area contributed by atoms with Crippen molar-refractivity contribution in [3.8, 4) is 11.3 Å². The summed E-state index contributed by atoms with van der Waals surface area (Å²) >= 11 is 0. The summed E-state index contributed by atoms with van der Waals surface area (Å²) in [4.78, 5) is 35.5. The number of benzene rings is 2. The first-order chi connectivity index (χ1) is 15.2. The Morgan fingerprint density at radius 1 is 1.00 bits per heavy atom. The molecule has 1 aliphatic rings. The molecule has 1 amide bonds. The average molecular weight is 430 g/mol. The maximum Gasteiger partial charge on any atom is 0.335 e. The van der Waals surface area contributed by atoms with E-state index in [1.54, 1.807) is 56.3 Å². The second-order valence-corrected chi connectivity index (χ2v) is 7.25. The standard InChI is InChI=1S/C24H18N2O6/c1-13-6-7-15(11-19(13)24(30)31)21-9-8-18(32-21)12-20-14(2)25-26(22(20)27)17-5-3-4-16(10-17)23(28)29/h3-12H,1-2H3,(H,28,29)(H,30,31)/b20-12+. The van der Waals surface area contributed by atoms with Crippen molar-refractivity contribution in [3.05, 3.63) is 82.6 Å². The summed E-state index contributed by atoms with van der Waals surface area (Å²) in [6.45, 7) is 3.39. The molecule has 3 aromatic rings. The predicted molar refractivity (Wildman–Crippen MR) is 118 cm³/mol. The molecule has 0 unspecified atom stereocenters. The molecule has 0 saturated heterocycles. The number of aryl methyl sites for hydroxylation is 1. The molecule has 160 valence electrons. The van der Waals surface area contributed by atoms with Crippen LogP contribution in [0.1, 0.15) is 39.0 Å². The number of rotatable bonds is 5. The van der Waals surface area contributed by atoms with Gasteiger partial charge in [0.2, 0.25) is 0 Å². The monoisotopic (exact) mass is 430 g/mol. The lowest BCUT2D eigenvalue weighted by molar-refractivity contribution is -0.114. The van der Waals surface area contributed by atoms with Gasteiger partial charge in [0.05, 0.1) is 28.1 Å². The van der Waals surface area contributed by atoms with E-state index in [4.69, 9.17) is 4.42 Å². The Balaban J connectivity index is 1.63. The Hall–Kier alpha value is -4.46. The summed E-state index contributed by atoms with van der Waals surface area (Å²) in [6, 6.07) is 14.4. The van der Waals surface area contributed by atoms with Crippen molar-refractivity contribution in [3.63, 3.8) is 0 Å². The first-order valence-corrected chi connectivity index (χ1v) is 9.64. The van der Waals surface area contributed by atoms with Crippen LogP contribution >= 0.6 is 0 Å². The number of carboxylic acid groups (broad SMARTS) is 2. The topological polar surface area (TPSA) is 120 Å². The van der Waals surface area contributed by atoms with E-state index in [9.17, 15) is 24.6 Å². The van der Waals surface area contributed by atoms with Gasteiger partial charge in [-0.2, -0.15) is 10.1 Å². The van der Waals surface area contributed by atoms with Gasteiger partial charge in [0.1, 0.15) is 11.5 Å². The predicted octanol–water partition coefficient (Wildman–Crippen LogP) is 4.46. The van der Waals surface area contributed by atoms with Crippen molar-refractivity contribution in [1.29, 1.82) is 0 Å². The highest BCUT2D eigenvalue weighted by atomic mass is 16.4. The van der Waals surface area contributed by atoms with E-state index in [0.29, 0.717) is 39.6 Å². The fourth-order valence-electron chi connectivity index (χ4n) is 3.36. The molecule has 0 aliphatic carbocycles. The third-order valence-corrected chi connectivity index (χ3v) is 5.07. The lowest BCUT2D eigenvalue weighted by Gasteiger charge is -2.12. The molecular formula is C24H18N2O6. The van der Waals surface area contributed by atoms with Crippen LogP contribution in [0.5, 0.6) is 0 Å². The van der Waals surface area contributed by atoms with Crippen molar-refractivity contribution in [2.45, 2.75) is 13.8 Å². The first-order valence-electron chi connectivity index (χ1n) is 9.64. The summed E-state index contributed by atoms with van der Waals surface area (Å²) in [5.41, 5.74) is 2.60. The number of aromatic carboxylic acids is 2. The molecule has 8 nitrogen and oxygen atoms in total. The van der Waals surface area contributed by atoms with Crippen LogP contribution in [0.15, 0.2) is 69.7 Å². The average Bonchev–Trinajstić information content (AvgIpc) is 3.34. The van der Waals surface area contributed by atoms with Crippen molar-refractivity contribution in [2.24, 2.45) is 5.10 Å². The number of anilines is 1. The van der Waals surface area contributed by atoms with E-state index in [0.717, 1.165) is 5.01 Å². The summed E-state index contributed by atoms with van der Waals surface area (Å²) < 4.78 is 5.82. The first kappa shape index (κ1) is 20.8. The Bertz CT molecular complexity index is 1330. The van der Waals surface area contributed by atoms with Crippen LogP contribution in [-0.2, 0) is 4.79 Å². The van der Waals surface area contributed by atoms with Crippen LogP contribution in [0.2, 0.25) is 0 Å². The number of hydrogen-bond donors (Lipinski definition) is 2. The quantitative estimate of drug-likeness (QED) is 0.577. The van der Waals surface area contributed by atoms with Gasteiger partial charge in [-0.3, -0.25) is 4.79 Å². The highest BCUT2D eigenvalue weighted by Crippen LogP contribution is 2.29. The van der Waals surface area contributed by atoms with Crippen molar-refractivity contribution < 1.29 is 29.0 Å². The zero-order valence-electron chi connectivity index (χ0n) is 17.2. The normalized spacial score (nSPS) is 14.7. The Labute approximate surface area is 182 Å². The summed E-state index contributed by atoms with van der Waals surface area (Å²) in [5.74, 6) is -1.66. The third kappa shape index (κ3) is 3.81. The van der Waals surface area contributed by atoms with E-state index in [2.05, 4.69) is 5.10 Å². The van der Waals surface area contributed by atoms with Gasteiger partial charge in [-0.15, -0.1) is 0 Å². The molecule has 4 rings (SSSR count). The van der Waals surface area contributed by atoms with Crippen LogP contribution in [-0.4, -0.2) is 33.8 Å². The lowest BCUT2D eigenvalue weighted by atomic mass is 10.0. The molecular weight excluding hydrogens is 412 g/mol. The van der Waals surface area contributed by atoms with Gasteiger partial charge < -0.3 is 14.6 Å². The number of nitrogens with zero attached hydrogens (tertiary/aromatic N) is 2. The van der Waals surface area contributed by atoms with Gasteiger partial charge in [-0.1, -0.05) is 18.2 Å². The number of carbonyl (C=O) groups is 3. The molecule has 0 saturated carbocycles. The Morgan fingerprint density at radius 2 is 1.78 bits per heavy atom.